The Morgan fingerprint density at radius 1 is 1.40 bits per heavy atom. The van der Waals surface area contributed by atoms with Crippen LogP contribution in [-0.2, 0) is 13.8 Å². The molecule has 1 aromatic rings. The Balaban J connectivity index is 2.19. The monoisotopic (exact) mass is 340 g/mol. The van der Waals surface area contributed by atoms with Gasteiger partial charge < -0.3 is 4.74 Å². The summed E-state index contributed by atoms with van der Waals surface area (Å²) in [6, 6.07) is 1.52. The Kier molecular flexibility index (Phi) is 4.56. The quantitative estimate of drug-likeness (QED) is 0.609. The first-order chi connectivity index (χ1) is 9.29. The molecule has 1 saturated carbocycles. The third-order valence-electron chi connectivity index (χ3n) is 2.96. The Hall–Kier alpha value is -0.850. The molecule has 110 valence electrons. The molecule has 2 rings (SSSR count). The maximum atomic E-state index is 13.6. The minimum atomic E-state index is -4.16. The summed E-state index contributed by atoms with van der Waals surface area (Å²) in [5.41, 5.74) is -0.496. The van der Waals surface area contributed by atoms with Crippen molar-refractivity contribution in [3.63, 3.8) is 0 Å². The lowest BCUT2D eigenvalue weighted by atomic mass is 10.2. The summed E-state index contributed by atoms with van der Waals surface area (Å²) in [4.78, 5) is 11.2. The number of halogens is 3. The number of rotatable bonds is 5. The van der Waals surface area contributed by atoms with Crippen LogP contribution in [0.25, 0.3) is 0 Å². The van der Waals surface area contributed by atoms with Crippen LogP contribution in [0.1, 0.15) is 29.6 Å². The molecule has 0 unspecified atom stereocenters. The number of carbonyl (C=O) groups excluding carboxylic acids is 1. The lowest BCUT2D eigenvalue weighted by Gasteiger charge is -2.07. The van der Waals surface area contributed by atoms with Crippen LogP contribution in [-0.4, -0.2) is 21.0 Å². The molecule has 1 aliphatic carbocycles. The van der Waals surface area contributed by atoms with Gasteiger partial charge in [-0.05, 0) is 24.5 Å². The van der Waals surface area contributed by atoms with Gasteiger partial charge in [-0.25, -0.2) is 17.6 Å². The van der Waals surface area contributed by atoms with Crippen LogP contribution in [0.4, 0.5) is 4.39 Å². The van der Waals surface area contributed by atoms with E-state index in [0.717, 1.165) is 31.4 Å². The van der Waals surface area contributed by atoms with Crippen molar-refractivity contribution in [2.45, 2.75) is 24.2 Å². The Morgan fingerprint density at radius 2 is 2.05 bits per heavy atom. The second kappa shape index (κ2) is 5.87. The van der Waals surface area contributed by atoms with Crippen molar-refractivity contribution < 1.29 is 22.3 Å². The van der Waals surface area contributed by atoms with Crippen LogP contribution in [0, 0.1) is 11.7 Å². The van der Waals surface area contributed by atoms with Gasteiger partial charge in [0, 0.05) is 10.7 Å². The van der Waals surface area contributed by atoms with Gasteiger partial charge in [-0.2, -0.15) is 0 Å². The molecule has 1 aromatic carbocycles. The SMILES string of the molecule is O=C(OCCC1CC1)c1cc(S(=O)(=O)Cl)c(Cl)cc1F. The van der Waals surface area contributed by atoms with E-state index in [-0.39, 0.29) is 11.6 Å². The normalized spacial score (nSPS) is 15.2. The van der Waals surface area contributed by atoms with E-state index in [4.69, 9.17) is 27.0 Å². The van der Waals surface area contributed by atoms with E-state index in [1.165, 1.54) is 0 Å². The molecule has 20 heavy (non-hydrogen) atoms. The van der Waals surface area contributed by atoms with E-state index in [1.807, 2.05) is 0 Å². The maximum Gasteiger partial charge on any atom is 0.341 e. The lowest BCUT2D eigenvalue weighted by Crippen LogP contribution is -2.10. The van der Waals surface area contributed by atoms with Gasteiger partial charge in [-0.3, -0.25) is 0 Å². The van der Waals surface area contributed by atoms with Crippen LogP contribution in [0.3, 0.4) is 0 Å². The summed E-state index contributed by atoms with van der Waals surface area (Å²) in [6.45, 7) is 0.175. The van der Waals surface area contributed by atoms with Crippen LogP contribution < -0.4 is 0 Å². The molecule has 0 heterocycles. The van der Waals surface area contributed by atoms with Crippen LogP contribution in [0.15, 0.2) is 17.0 Å². The highest BCUT2D eigenvalue weighted by molar-refractivity contribution is 8.13. The van der Waals surface area contributed by atoms with Gasteiger partial charge in [0.05, 0.1) is 17.2 Å². The van der Waals surface area contributed by atoms with Gasteiger partial charge in [-0.1, -0.05) is 24.4 Å². The van der Waals surface area contributed by atoms with E-state index in [1.54, 1.807) is 0 Å². The molecule has 4 nitrogen and oxygen atoms in total. The molecular weight excluding hydrogens is 330 g/mol. The van der Waals surface area contributed by atoms with Gasteiger partial charge in [0.2, 0.25) is 0 Å². The molecule has 0 aromatic heterocycles. The first-order valence-electron chi connectivity index (χ1n) is 5.90. The van der Waals surface area contributed by atoms with Crippen molar-refractivity contribution in [2.24, 2.45) is 5.92 Å². The average Bonchev–Trinajstić information content (AvgIpc) is 3.11. The Labute approximate surface area is 125 Å². The molecule has 0 atom stereocenters. The molecule has 8 heteroatoms. The van der Waals surface area contributed by atoms with Crippen molar-refractivity contribution in [2.75, 3.05) is 6.61 Å². The zero-order valence-corrected chi connectivity index (χ0v) is 12.6. The fourth-order valence-electron chi connectivity index (χ4n) is 1.67. The van der Waals surface area contributed by atoms with E-state index in [0.29, 0.717) is 5.92 Å². The summed E-state index contributed by atoms with van der Waals surface area (Å²) in [5, 5.41) is -0.382. The molecule has 0 aliphatic heterocycles. The third-order valence-corrected chi connectivity index (χ3v) is 4.75. The van der Waals surface area contributed by atoms with E-state index < -0.39 is 31.3 Å². The number of hydrogen-bond acceptors (Lipinski definition) is 4. The number of hydrogen-bond donors (Lipinski definition) is 0. The summed E-state index contributed by atoms with van der Waals surface area (Å²) in [5.74, 6) is -1.31. The predicted molar refractivity (Wildman–Crippen MR) is 72.1 cm³/mol. The van der Waals surface area contributed by atoms with Crippen LogP contribution in [0.2, 0.25) is 5.02 Å². The highest BCUT2D eigenvalue weighted by Gasteiger charge is 2.24. The zero-order valence-electron chi connectivity index (χ0n) is 10.2. The van der Waals surface area contributed by atoms with Gasteiger partial charge in [0.15, 0.2) is 0 Å². The summed E-state index contributed by atoms with van der Waals surface area (Å²) >= 11 is 5.59. The lowest BCUT2D eigenvalue weighted by molar-refractivity contribution is 0.0489. The van der Waals surface area contributed by atoms with E-state index >= 15 is 0 Å². The average molecular weight is 341 g/mol. The highest BCUT2D eigenvalue weighted by Crippen LogP contribution is 2.32. The Bertz CT molecular complexity index is 641. The fraction of sp³-hybridized carbons (Fsp3) is 0.417. The van der Waals surface area contributed by atoms with Gasteiger partial charge in [0.25, 0.3) is 9.05 Å². The molecular formula is C12H11Cl2FO4S. The highest BCUT2D eigenvalue weighted by atomic mass is 35.7. The molecule has 0 saturated heterocycles. The smallest absolute Gasteiger partial charge is 0.341 e. The van der Waals surface area contributed by atoms with Crippen molar-refractivity contribution in [1.29, 1.82) is 0 Å². The predicted octanol–water partition coefficient (Wildman–Crippen LogP) is 3.36. The van der Waals surface area contributed by atoms with E-state index in [9.17, 15) is 17.6 Å². The van der Waals surface area contributed by atoms with Crippen molar-refractivity contribution in [1.82, 2.24) is 0 Å². The summed E-state index contributed by atoms with van der Waals surface area (Å²) < 4.78 is 41.1. The van der Waals surface area contributed by atoms with Crippen LogP contribution >= 0.6 is 22.3 Å². The second-order valence-electron chi connectivity index (χ2n) is 4.57. The fourth-order valence-corrected chi connectivity index (χ4v) is 3.18. The summed E-state index contributed by atoms with van der Waals surface area (Å²) in [7, 11) is 0.996. The minimum absolute atomic E-state index is 0.175. The number of ether oxygens (including phenoxy) is 1. The summed E-state index contributed by atoms with van der Waals surface area (Å²) in [6.07, 6.45) is 2.95. The van der Waals surface area contributed by atoms with Crippen molar-refractivity contribution in [3.8, 4) is 0 Å². The molecule has 1 fully saturated rings. The first kappa shape index (κ1) is 15.5. The number of benzene rings is 1. The van der Waals surface area contributed by atoms with Crippen molar-refractivity contribution >= 4 is 37.3 Å². The Morgan fingerprint density at radius 3 is 2.60 bits per heavy atom. The van der Waals surface area contributed by atoms with Gasteiger partial charge >= 0.3 is 5.97 Å². The standard InChI is InChI=1S/C12H11Cl2FO4S/c13-9-6-10(15)8(5-11(9)20(14,17)18)12(16)19-4-3-7-1-2-7/h5-7H,1-4H2. The number of carbonyl (C=O) groups is 1. The first-order valence-corrected chi connectivity index (χ1v) is 8.58. The molecule has 0 bridgehead atoms. The largest absolute Gasteiger partial charge is 0.462 e. The van der Waals surface area contributed by atoms with Gasteiger partial charge in [0.1, 0.15) is 10.7 Å². The minimum Gasteiger partial charge on any atom is -0.462 e. The topological polar surface area (TPSA) is 60.4 Å². The molecule has 0 spiro atoms. The van der Waals surface area contributed by atoms with E-state index in [2.05, 4.69) is 0 Å². The maximum absolute atomic E-state index is 13.6. The zero-order chi connectivity index (χ0) is 14.9. The molecule has 0 amide bonds. The van der Waals surface area contributed by atoms with Gasteiger partial charge in [-0.15, -0.1) is 0 Å². The second-order valence-corrected chi connectivity index (χ2v) is 7.51. The number of esters is 1. The molecule has 1 aliphatic rings. The van der Waals surface area contributed by atoms with Crippen LogP contribution in [0.5, 0.6) is 0 Å². The molecule has 0 radical (unpaired) electrons. The third kappa shape index (κ3) is 3.84. The molecule has 0 N–H and O–H groups in total. The van der Waals surface area contributed by atoms with Crippen molar-refractivity contribution in [3.05, 3.63) is 28.5 Å².